The van der Waals surface area contributed by atoms with Crippen molar-refractivity contribution < 1.29 is 14.3 Å². The summed E-state index contributed by atoms with van der Waals surface area (Å²) in [4.78, 5) is 14.2. The number of likely N-dealkylation sites (tertiary alicyclic amines) is 1. The topological polar surface area (TPSA) is 38.8 Å². The number of piperidine rings is 1. The lowest BCUT2D eigenvalue weighted by molar-refractivity contribution is -0.00280. The highest BCUT2D eigenvalue weighted by Gasteiger charge is 2.32. The average molecular weight is 331 g/mol. The summed E-state index contributed by atoms with van der Waals surface area (Å²) in [7, 11) is 0. The van der Waals surface area contributed by atoms with Crippen LogP contribution in [0.2, 0.25) is 0 Å². The average Bonchev–Trinajstić information content (AvgIpc) is 2.54. The maximum absolute atomic E-state index is 12.4. The van der Waals surface area contributed by atoms with Gasteiger partial charge in [0.1, 0.15) is 5.60 Å². The van der Waals surface area contributed by atoms with Gasteiger partial charge in [-0.05, 0) is 39.2 Å². The van der Waals surface area contributed by atoms with Crippen molar-refractivity contribution in [3.8, 4) is 0 Å². The normalized spacial score (nSPS) is 21.4. The molecule has 0 saturated carbocycles. The molecular weight excluding hydrogens is 302 g/mol. The molecule has 1 fully saturated rings. The molecule has 1 aromatic carbocycles. The van der Waals surface area contributed by atoms with Gasteiger partial charge in [0.15, 0.2) is 0 Å². The summed E-state index contributed by atoms with van der Waals surface area (Å²) in [5.41, 5.74) is 0.681. The van der Waals surface area contributed by atoms with Gasteiger partial charge in [-0.2, -0.15) is 0 Å². The fourth-order valence-corrected chi connectivity index (χ4v) is 2.90. The molecular formula is C20H29NO3. The third-order valence-corrected chi connectivity index (χ3v) is 4.09. The summed E-state index contributed by atoms with van der Waals surface area (Å²) >= 11 is 0. The maximum Gasteiger partial charge on any atom is 0.410 e. The molecule has 2 rings (SSSR count). The number of carbonyl (C=O) groups is 1. The van der Waals surface area contributed by atoms with Crippen LogP contribution in [0.4, 0.5) is 4.79 Å². The van der Waals surface area contributed by atoms with Crippen LogP contribution in [0.15, 0.2) is 43.0 Å². The molecule has 0 N–H and O–H groups in total. The first-order valence-electron chi connectivity index (χ1n) is 8.63. The molecule has 24 heavy (non-hydrogen) atoms. The standard InChI is InChI=1S/C20H29NO3/c1-5-18-12-11-17(13-21(18)19(22)24-20(2,3)4)15-23-14-16-9-7-6-8-10-16/h5-10,17-18H,1,11-15H2,2-4H3/t17-,18-/m1/s1. The van der Waals surface area contributed by atoms with Crippen LogP contribution >= 0.6 is 0 Å². The van der Waals surface area contributed by atoms with E-state index >= 15 is 0 Å². The third kappa shape index (κ3) is 5.68. The molecule has 1 saturated heterocycles. The quantitative estimate of drug-likeness (QED) is 0.750. The highest BCUT2D eigenvalue weighted by molar-refractivity contribution is 5.69. The Hall–Kier alpha value is -1.81. The summed E-state index contributed by atoms with van der Waals surface area (Å²) in [5, 5.41) is 0. The Bertz CT molecular complexity index is 536. The molecule has 0 aromatic heterocycles. The summed E-state index contributed by atoms with van der Waals surface area (Å²) in [6.07, 6.45) is 3.51. The zero-order valence-corrected chi connectivity index (χ0v) is 15.0. The van der Waals surface area contributed by atoms with E-state index in [0.717, 1.165) is 12.8 Å². The third-order valence-electron chi connectivity index (χ3n) is 4.09. The number of benzene rings is 1. The Morgan fingerprint density at radius 2 is 2.00 bits per heavy atom. The van der Waals surface area contributed by atoms with Gasteiger partial charge in [0.05, 0.1) is 19.3 Å². The Morgan fingerprint density at radius 3 is 2.62 bits per heavy atom. The number of hydrogen-bond acceptors (Lipinski definition) is 3. The molecule has 1 aliphatic heterocycles. The number of hydrogen-bond donors (Lipinski definition) is 0. The van der Waals surface area contributed by atoms with E-state index in [2.05, 4.69) is 18.7 Å². The van der Waals surface area contributed by atoms with Crippen molar-refractivity contribution in [3.63, 3.8) is 0 Å². The summed E-state index contributed by atoms with van der Waals surface area (Å²) in [5.74, 6) is 0.331. The minimum atomic E-state index is -0.487. The zero-order chi connectivity index (χ0) is 17.6. The Kier molecular flexibility index (Phi) is 6.44. The van der Waals surface area contributed by atoms with Crippen LogP contribution < -0.4 is 0 Å². The zero-order valence-electron chi connectivity index (χ0n) is 15.0. The first-order valence-corrected chi connectivity index (χ1v) is 8.63. The molecule has 0 radical (unpaired) electrons. The van der Waals surface area contributed by atoms with Crippen LogP contribution in [0.25, 0.3) is 0 Å². The minimum Gasteiger partial charge on any atom is -0.444 e. The van der Waals surface area contributed by atoms with Gasteiger partial charge in [0.25, 0.3) is 0 Å². The van der Waals surface area contributed by atoms with Gasteiger partial charge in [-0.25, -0.2) is 4.79 Å². The van der Waals surface area contributed by atoms with E-state index in [1.54, 1.807) is 4.90 Å². The first kappa shape index (κ1) is 18.5. The van der Waals surface area contributed by atoms with Gasteiger partial charge in [0, 0.05) is 12.5 Å². The maximum atomic E-state index is 12.4. The van der Waals surface area contributed by atoms with Crippen molar-refractivity contribution in [3.05, 3.63) is 48.6 Å². The number of nitrogens with zero attached hydrogens (tertiary/aromatic N) is 1. The monoisotopic (exact) mass is 331 g/mol. The molecule has 0 bridgehead atoms. The second-order valence-corrected chi connectivity index (χ2v) is 7.38. The Morgan fingerprint density at radius 1 is 1.29 bits per heavy atom. The highest BCUT2D eigenvalue weighted by Crippen LogP contribution is 2.25. The van der Waals surface area contributed by atoms with Crippen LogP contribution in [0.1, 0.15) is 39.2 Å². The van der Waals surface area contributed by atoms with Gasteiger partial charge in [-0.1, -0.05) is 36.4 Å². The van der Waals surface area contributed by atoms with Crippen LogP contribution in [0, 0.1) is 5.92 Å². The summed E-state index contributed by atoms with van der Waals surface area (Å²) in [6, 6.07) is 10.2. The molecule has 4 heteroatoms. The molecule has 1 aliphatic rings. The molecule has 1 heterocycles. The molecule has 0 spiro atoms. The molecule has 0 aliphatic carbocycles. The van der Waals surface area contributed by atoms with Crippen molar-refractivity contribution in [2.75, 3.05) is 13.2 Å². The highest BCUT2D eigenvalue weighted by atomic mass is 16.6. The van der Waals surface area contributed by atoms with E-state index in [-0.39, 0.29) is 12.1 Å². The molecule has 1 aromatic rings. The van der Waals surface area contributed by atoms with Crippen LogP contribution in [0.5, 0.6) is 0 Å². The number of ether oxygens (including phenoxy) is 2. The molecule has 4 nitrogen and oxygen atoms in total. The van der Waals surface area contributed by atoms with Gasteiger partial charge in [-0.15, -0.1) is 6.58 Å². The van der Waals surface area contributed by atoms with E-state index in [1.165, 1.54) is 5.56 Å². The van der Waals surface area contributed by atoms with E-state index in [4.69, 9.17) is 9.47 Å². The van der Waals surface area contributed by atoms with Gasteiger partial charge in [-0.3, -0.25) is 0 Å². The Balaban J connectivity index is 1.87. The molecule has 0 unspecified atom stereocenters. The van der Waals surface area contributed by atoms with E-state index < -0.39 is 5.60 Å². The smallest absolute Gasteiger partial charge is 0.410 e. The van der Waals surface area contributed by atoms with Gasteiger partial charge >= 0.3 is 6.09 Å². The number of carbonyl (C=O) groups excluding carboxylic acids is 1. The van der Waals surface area contributed by atoms with E-state index in [9.17, 15) is 4.79 Å². The van der Waals surface area contributed by atoms with Gasteiger partial charge < -0.3 is 14.4 Å². The fraction of sp³-hybridized carbons (Fsp3) is 0.550. The van der Waals surface area contributed by atoms with E-state index in [1.807, 2.05) is 45.0 Å². The second-order valence-electron chi connectivity index (χ2n) is 7.38. The largest absolute Gasteiger partial charge is 0.444 e. The Labute approximate surface area is 145 Å². The fourth-order valence-electron chi connectivity index (χ4n) is 2.90. The van der Waals surface area contributed by atoms with Crippen LogP contribution in [0.3, 0.4) is 0 Å². The van der Waals surface area contributed by atoms with Crippen molar-refractivity contribution in [1.82, 2.24) is 4.90 Å². The lowest BCUT2D eigenvalue weighted by Crippen LogP contribution is -2.48. The first-order chi connectivity index (χ1) is 11.4. The predicted molar refractivity (Wildman–Crippen MR) is 95.7 cm³/mol. The molecule has 1 amide bonds. The second kappa shape index (κ2) is 8.34. The predicted octanol–water partition coefficient (Wildman–Crippen LogP) is 4.40. The van der Waals surface area contributed by atoms with Crippen molar-refractivity contribution in [2.24, 2.45) is 5.92 Å². The number of rotatable bonds is 5. The lowest BCUT2D eigenvalue weighted by Gasteiger charge is -2.38. The molecule has 2 atom stereocenters. The summed E-state index contributed by atoms with van der Waals surface area (Å²) < 4.78 is 11.4. The lowest BCUT2D eigenvalue weighted by atomic mass is 9.93. The summed E-state index contributed by atoms with van der Waals surface area (Å²) in [6.45, 7) is 11.4. The van der Waals surface area contributed by atoms with Crippen LogP contribution in [-0.2, 0) is 16.1 Å². The van der Waals surface area contributed by atoms with E-state index in [0.29, 0.717) is 25.7 Å². The number of amides is 1. The molecule has 132 valence electrons. The van der Waals surface area contributed by atoms with Crippen molar-refractivity contribution >= 4 is 6.09 Å². The van der Waals surface area contributed by atoms with Crippen molar-refractivity contribution in [1.29, 1.82) is 0 Å². The SMILES string of the molecule is C=C[C@@H]1CC[C@@H](COCc2ccccc2)CN1C(=O)OC(C)(C)C. The van der Waals surface area contributed by atoms with Crippen molar-refractivity contribution in [2.45, 2.75) is 51.9 Å². The van der Waals surface area contributed by atoms with Gasteiger partial charge in [0.2, 0.25) is 0 Å². The minimum absolute atomic E-state index is 0.0465. The van der Waals surface area contributed by atoms with Crippen LogP contribution in [-0.4, -0.2) is 35.8 Å².